The summed E-state index contributed by atoms with van der Waals surface area (Å²) in [5, 5.41) is 9.92. The number of methoxy groups -OCH3 is 1. The molecule has 90 valence electrons. The van der Waals surface area contributed by atoms with Crippen LogP contribution in [0, 0.1) is 6.92 Å². The number of ether oxygens (including phenoxy) is 1. The molecule has 0 aliphatic heterocycles. The molecular weight excluding hydrogens is 286 g/mol. The van der Waals surface area contributed by atoms with Crippen LogP contribution in [0.1, 0.15) is 11.3 Å². The van der Waals surface area contributed by atoms with Crippen LogP contribution in [0.15, 0.2) is 16.9 Å². The summed E-state index contributed by atoms with van der Waals surface area (Å²) in [6, 6.07) is 0. The van der Waals surface area contributed by atoms with Crippen molar-refractivity contribution in [1.82, 2.24) is 20.2 Å². The van der Waals surface area contributed by atoms with Gasteiger partial charge in [-0.1, -0.05) is 0 Å². The van der Waals surface area contributed by atoms with Gasteiger partial charge in [0.2, 0.25) is 11.8 Å². The molecule has 0 saturated heterocycles. The molecule has 6 nitrogen and oxygen atoms in total. The van der Waals surface area contributed by atoms with Crippen molar-refractivity contribution in [2.45, 2.75) is 13.5 Å². The van der Waals surface area contributed by atoms with Gasteiger partial charge in [-0.15, -0.1) is 0 Å². The molecule has 0 aliphatic rings. The first kappa shape index (κ1) is 11.8. The standard InChI is InChI=1S/C10H12BrN5O/c1-6-7(4-14-16-6)3-12-10-13-5-8(11)9(15-10)17-2/h4-5H,3H2,1-2H3,(H,14,16)(H,12,13,15). The fourth-order valence-electron chi connectivity index (χ4n) is 1.31. The van der Waals surface area contributed by atoms with E-state index >= 15 is 0 Å². The molecule has 7 heteroatoms. The lowest BCUT2D eigenvalue weighted by Gasteiger charge is -2.06. The molecule has 2 rings (SSSR count). The highest BCUT2D eigenvalue weighted by Crippen LogP contribution is 2.21. The lowest BCUT2D eigenvalue weighted by molar-refractivity contribution is 0.394. The highest BCUT2D eigenvalue weighted by Gasteiger charge is 2.05. The van der Waals surface area contributed by atoms with E-state index in [1.807, 2.05) is 6.92 Å². The van der Waals surface area contributed by atoms with Gasteiger partial charge in [0, 0.05) is 17.8 Å². The third kappa shape index (κ3) is 2.73. The zero-order valence-electron chi connectivity index (χ0n) is 9.49. The minimum absolute atomic E-state index is 0.506. The average Bonchev–Trinajstić information content (AvgIpc) is 2.74. The lowest BCUT2D eigenvalue weighted by atomic mass is 10.3. The number of aromatic amines is 1. The smallest absolute Gasteiger partial charge is 0.232 e. The van der Waals surface area contributed by atoms with Gasteiger partial charge in [0.15, 0.2) is 0 Å². The molecule has 0 amide bonds. The molecule has 0 fully saturated rings. The van der Waals surface area contributed by atoms with E-state index in [0.717, 1.165) is 15.7 Å². The van der Waals surface area contributed by atoms with E-state index in [2.05, 4.69) is 41.4 Å². The van der Waals surface area contributed by atoms with Crippen molar-refractivity contribution in [3.63, 3.8) is 0 Å². The Labute approximate surface area is 107 Å². The van der Waals surface area contributed by atoms with Crippen molar-refractivity contribution in [1.29, 1.82) is 0 Å². The maximum atomic E-state index is 5.09. The van der Waals surface area contributed by atoms with Crippen molar-refractivity contribution >= 4 is 21.9 Å². The van der Waals surface area contributed by atoms with Crippen LogP contribution in [0.2, 0.25) is 0 Å². The minimum atomic E-state index is 0.506. The molecular formula is C10H12BrN5O. The second-order valence-corrected chi connectivity index (χ2v) is 4.28. The highest BCUT2D eigenvalue weighted by atomic mass is 79.9. The molecule has 0 atom stereocenters. The molecule has 2 heterocycles. The third-order valence-electron chi connectivity index (χ3n) is 2.28. The van der Waals surface area contributed by atoms with Gasteiger partial charge in [0.1, 0.15) is 0 Å². The number of anilines is 1. The van der Waals surface area contributed by atoms with Crippen LogP contribution in [0.25, 0.3) is 0 Å². The highest BCUT2D eigenvalue weighted by molar-refractivity contribution is 9.10. The van der Waals surface area contributed by atoms with Crippen LogP contribution in [0.5, 0.6) is 5.88 Å². The summed E-state index contributed by atoms with van der Waals surface area (Å²) in [5.74, 6) is 1.03. The number of nitrogens with zero attached hydrogens (tertiary/aromatic N) is 3. The van der Waals surface area contributed by atoms with Crippen LogP contribution < -0.4 is 10.1 Å². The van der Waals surface area contributed by atoms with Crippen molar-refractivity contribution in [3.8, 4) is 5.88 Å². The van der Waals surface area contributed by atoms with Gasteiger partial charge in [0.05, 0.1) is 24.0 Å². The van der Waals surface area contributed by atoms with Gasteiger partial charge >= 0.3 is 0 Å². The van der Waals surface area contributed by atoms with E-state index in [9.17, 15) is 0 Å². The van der Waals surface area contributed by atoms with E-state index < -0.39 is 0 Å². The Morgan fingerprint density at radius 1 is 1.47 bits per heavy atom. The molecule has 2 aromatic rings. The predicted octanol–water partition coefficient (Wildman–Crippen LogP) is 1.89. The van der Waals surface area contributed by atoms with E-state index in [-0.39, 0.29) is 0 Å². The SMILES string of the molecule is COc1nc(NCc2cn[nH]c2C)ncc1Br. The fraction of sp³-hybridized carbons (Fsp3) is 0.300. The minimum Gasteiger partial charge on any atom is -0.480 e. The Bertz CT molecular complexity index is 513. The predicted molar refractivity (Wildman–Crippen MR) is 66.9 cm³/mol. The fourth-order valence-corrected chi connectivity index (χ4v) is 1.66. The maximum absolute atomic E-state index is 5.09. The number of halogens is 1. The molecule has 0 unspecified atom stereocenters. The van der Waals surface area contributed by atoms with Crippen LogP contribution in [0.4, 0.5) is 5.95 Å². The molecule has 2 N–H and O–H groups in total. The van der Waals surface area contributed by atoms with Crippen molar-refractivity contribution < 1.29 is 4.74 Å². The number of aryl methyl sites for hydroxylation is 1. The molecule has 0 bridgehead atoms. The first-order chi connectivity index (χ1) is 8.20. The molecule has 17 heavy (non-hydrogen) atoms. The number of hydrogen-bond acceptors (Lipinski definition) is 5. The van der Waals surface area contributed by atoms with Gasteiger partial charge in [-0.05, 0) is 22.9 Å². The molecule has 0 saturated carbocycles. The normalized spacial score (nSPS) is 10.3. The first-order valence-corrected chi connectivity index (χ1v) is 5.79. The quantitative estimate of drug-likeness (QED) is 0.901. The van der Waals surface area contributed by atoms with E-state index in [1.165, 1.54) is 0 Å². The second kappa shape index (κ2) is 5.13. The van der Waals surface area contributed by atoms with Crippen LogP contribution in [-0.2, 0) is 6.54 Å². The summed E-state index contributed by atoms with van der Waals surface area (Å²) < 4.78 is 5.82. The van der Waals surface area contributed by atoms with Crippen molar-refractivity contribution in [3.05, 3.63) is 28.1 Å². The summed E-state index contributed by atoms with van der Waals surface area (Å²) in [5.41, 5.74) is 2.11. The zero-order chi connectivity index (χ0) is 12.3. The number of H-pyrrole nitrogens is 1. The summed E-state index contributed by atoms with van der Waals surface area (Å²) in [6.07, 6.45) is 3.43. The second-order valence-electron chi connectivity index (χ2n) is 3.42. The maximum Gasteiger partial charge on any atom is 0.232 e. The van der Waals surface area contributed by atoms with Gasteiger partial charge < -0.3 is 10.1 Å². The van der Waals surface area contributed by atoms with E-state index in [0.29, 0.717) is 18.4 Å². The Morgan fingerprint density at radius 2 is 2.29 bits per heavy atom. The number of rotatable bonds is 4. The number of nitrogens with one attached hydrogen (secondary N) is 2. The summed E-state index contributed by atoms with van der Waals surface area (Å²) >= 11 is 3.30. The van der Waals surface area contributed by atoms with Crippen molar-refractivity contribution in [2.75, 3.05) is 12.4 Å². The Hall–Kier alpha value is -1.63. The summed E-state index contributed by atoms with van der Waals surface area (Å²) in [4.78, 5) is 8.33. The number of aromatic nitrogens is 4. The van der Waals surface area contributed by atoms with Gasteiger partial charge in [-0.25, -0.2) is 4.98 Å². The summed E-state index contributed by atoms with van der Waals surface area (Å²) in [6.45, 7) is 2.58. The molecule has 0 aliphatic carbocycles. The summed E-state index contributed by atoms with van der Waals surface area (Å²) in [7, 11) is 1.57. The Balaban J connectivity index is 2.07. The van der Waals surface area contributed by atoms with Crippen molar-refractivity contribution in [2.24, 2.45) is 0 Å². The van der Waals surface area contributed by atoms with Gasteiger partial charge in [-0.2, -0.15) is 10.1 Å². The first-order valence-electron chi connectivity index (χ1n) is 5.00. The number of hydrogen-bond donors (Lipinski definition) is 2. The zero-order valence-corrected chi connectivity index (χ0v) is 11.1. The van der Waals surface area contributed by atoms with Gasteiger partial charge in [-0.3, -0.25) is 5.10 Å². The van der Waals surface area contributed by atoms with Crippen LogP contribution in [0.3, 0.4) is 0 Å². The van der Waals surface area contributed by atoms with E-state index in [4.69, 9.17) is 4.74 Å². The van der Waals surface area contributed by atoms with Crippen LogP contribution in [-0.4, -0.2) is 27.3 Å². The largest absolute Gasteiger partial charge is 0.480 e. The third-order valence-corrected chi connectivity index (χ3v) is 2.82. The molecule has 0 aromatic carbocycles. The monoisotopic (exact) mass is 297 g/mol. The van der Waals surface area contributed by atoms with Crippen LogP contribution >= 0.6 is 15.9 Å². The lowest BCUT2D eigenvalue weighted by Crippen LogP contribution is -2.04. The average molecular weight is 298 g/mol. The Kier molecular flexibility index (Phi) is 3.58. The molecule has 0 spiro atoms. The molecule has 0 radical (unpaired) electrons. The van der Waals surface area contributed by atoms with Gasteiger partial charge in [0.25, 0.3) is 0 Å². The Morgan fingerprint density at radius 3 is 2.94 bits per heavy atom. The molecule has 2 aromatic heterocycles. The topological polar surface area (TPSA) is 75.7 Å². The van der Waals surface area contributed by atoms with E-state index in [1.54, 1.807) is 19.5 Å².